The van der Waals surface area contributed by atoms with Crippen LogP contribution in [0.2, 0.25) is 0 Å². The van der Waals surface area contributed by atoms with E-state index in [1.54, 1.807) is 4.90 Å². The third-order valence-corrected chi connectivity index (χ3v) is 4.86. The molecule has 1 aromatic rings. The molecule has 2 aliphatic rings. The summed E-state index contributed by atoms with van der Waals surface area (Å²) >= 11 is 1.53. The Hall–Kier alpha value is -1.24. The molecule has 120 valence electrons. The summed E-state index contributed by atoms with van der Waals surface area (Å²) < 4.78 is 0. The molecule has 2 aliphatic heterocycles. The molecule has 7 heteroatoms. The second-order valence-electron chi connectivity index (χ2n) is 5.33. The first kappa shape index (κ1) is 17.1. The zero-order chi connectivity index (χ0) is 14.7. The average Bonchev–Trinajstić information content (AvgIpc) is 2.51. The number of rotatable bonds is 3. The summed E-state index contributed by atoms with van der Waals surface area (Å²) in [5, 5.41) is 6.31. The number of nitrogens with zero attached hydrogens (tertiary/aromatic N) is 1. The second kappa shape index (κ2) is 7.85. The van der Waals surface area contributed by atoms with Crippen molar-refractivity contribution in [2.75, 3.05) is 30.3 Å². The largest absolute Gasteiger partial charge is 0.352 e. The number of halogens is 1. The van der Waals surface area contributed by atoms with Crippen LogP contribution in [-0.2, 0) is 9.59 Å². The zero-order valence-corrected chi connectivity index (χ0v) is 13.8. The topological polar surface area (TPSA) is 61.4 Å². The number of para-hydroxylation sites is 1. The molecule has 1 aromatic carbocycles. The van der Waals surface area contributed by atoms with E-state index in [1.807, 2.05) is 24.3 Å². The van der Waals surface area contributed by atoms with Gasteiger partial charge in [-0.05, 0) is 38.1 Å². The Morgan fingerprint density at radius 1 is 1.32 bits per heavy atom. The molecule has 0 unspecified atom stereocenters. The Morgan fingerprint density at radius 3 is 2.82 bits per heavy atom. The normalized spacial score (nSPS) is 18.4. The van der Waals surface area contributed by atoms with Crippen LogP contribution in [0.1, 0.15) is 12.8 Å². The zero-order valence-electron chi connectivity index (χ0n) is 12.2. The van der Waals surface area contributed by atoms with E-state index in [0.29, 0.717) is 5.75 Å². The summed E-state index contributed by atoms with van der Waals surface area (Å²) in [5.74, 6) is 0.327. The monoisotopic (exact) mass is 341 g/mol. The maximum absolute atomic E-state index is 12.2. The minimum absolute atomic E-state index is 0. The van der Waals surface area contributed by atoms with Gasteiger partial charge in [0.2, 0.25) is 11.8 Å². The van der Waals surface area contributed by atoms with Crippen molar-refractivity contribution in [3.05, 3.63) is 24.3 Å². The van der Waals surface area contributed by atoms with Crippen molar-refractivity contribution in [3.63, 3.8) is 0 Å². The summed E-state index contributed by atoms with van der Waals surface area (Å²) in [6.07, 6.45) is 1.90. The van der Waals surface area contributed by atoms with Gasteiger partial charge >= 0.3 is 0 Å². The van der Waals surface area contributed by atoms with Crippen LogP contribution in [0.3, 0.4) is 0 Å². The second-order valence-corrected chi connectivity index (χ2v) is 6.35. The SMILES string of the molecule is Cl.O=C(CN1C(=O)CSc2ccccc21)NC1CCNCC1. The van der Waals surface area contributed by atoms with Crippen molar-refractivity contribution >= 4 is 41.7 Å². The number of carbonyl (C=O) groups excluding carboxylic acids is 2. The molecule has 0 radical (unpaired) electrons. The molecule has 3 rings (SSSR count). The Balaban J connectivity index is 0.00000176. The van der Waals surface area contributed by atoms with E-state index in [-0.39, 0.29) is 36.8 Å². The van der Waals surface area contributed by atoms with Crippen LogP contribution in [0.4, 0.5) is 5.69 Å². The van der Waals surface area contributed by atoms with Crippen LogP contribution in [0, 0.1) is 0 Å². The lowest BCUT2D eigenvalue weighted by molar-refractivity contribution is -0.123. The molecule has 0 atom stereocenters. The lowest BCUT2D eigenvalue weighted by atomic mass is 10.1. The summed E-state index contributed by atoms with van der Waals surface area (Å²) in [7, 11) is 0. The van der Waals surface area contributed by atoms with Gasteiger partial charge in [-0.15, -0.1) is 24.2 Å². The third-order valence-electron chi connectivity index (χ3n) is 3.81. The molecule has 5 nitrogen and oxygen atoms in total. The van der Waals surface area contributed by atoms with Crippen LogP contribution in [0.15, 0.2) is 29.2 Å². The average molecular weight is 342 g/mol. The Labute approximate surface area is 140 Å². The Morgan fingerprint density at radius 2 is 2.05 bits per heavy atom. The highest BCUT2D eigenvalue weighted by Gasteiger charge is 2.27. The van der Waals surface area contributed by atoms with Gasteiger partial charge in [0, 0.05) is 10.9 Å². The first-order chi connectivity index (χ1) is 10.2. The number of hydrogen-bond donors (Lipinski definition) is 2. The summed E-state index contributed by atoms with van der Waals surface area (Å²) in [6.45, 7) is 1.99. The van der Waals surface area contributed by atoms with Gasteiger partial charge in [0.15, 0.2) is 0 Å². The van der Waals surface area contributed by atoms with E-state index in [1.165, 1.54) is 11.8 Å². The van der Waals surface area contributed by atoms with E-state index >= 15 is 0 Å². The fraction of sp³-hybridized carbons (Fsp3) is 0.467. The van der Waals surface area contributed by atoms with Crippen LogP contribution in [0.25, 0.3) is 0 Å². The highest BCUT2D eigenvalue weighted by Crippen LogP contribution is 2.34. The van der Waals surface area contributed by atoms with Gasteiger partial charge < -0.3 is 15.5 Å². The molecule has 2 heterocycles. The van der Waals surface area contributed by atoms with Gasteiger partial charge in [-0.1, -0.05) is 12.1 Å². The molecule has 22 heavy (non-hydrogen) atoms. The van der Waals surface area contributed by atoms with Gasteiger partial charge in [0.05, 0.1) is 11.4 Å². The number of benzene rings is 1. The first-order valence-corrected chi connectivity index (χ1v) is 8.25. The van der Waals surface area contributed by atoms with Crippen molar-refractivity contribution in [1.29, 1.82) is 0 Å². The van der Waals surface area contributed by atoms with Crippen LogP contribution in [0.5, 0.6) is 0 Å². The van der Waals surface area contributed by atoms with Crippen LogP contribution < -0.4 is 15.5 Å². The van der Waals surface area contributed by atoms with Crippen molar-refractivity contribution < 1.29 is 9.59 Å². The van der Waals surface area contributed by atoms with Crippen molar-refractivity contribution in [3.8, 4) is 0 Å². The molecule has 2 amide bonds. The minimum atomic E-state index is -0.0723. The molecular weight excluding hydrogens is 322 g/mol. The van der Waals surface area contributed by atoms with Crippen molar-refractivity contribution in [2.24, 2.45) is 0 Å². The molecule has 0 spiro atoms. The Bertz CT molecular complexity index is 549. The minimum Gasteiger partial charge on any atom is -0.352 e. The molecular formula is C15H20ClN3O2S. The summed E-state index contributed by atoms with van der Waals surface area (Å²) in [4.78, 5) is 27.0. The molecule has 0 bridgehead atoms. The lowest BCUT2D eigenvalue weighted by Gasteiger charge is -2.30. The number of thioether (sulfide) groups is 1. The predicted molar refractivity (Wildman–Crippen MR) is 90.8 cm³/mol. The first-order valence-electron chi connectivity index (χ1n) is 7.26. The lowest BCUT2D eigenvalue weighted by Crippen LogP contribution is -2.48. The Kier molecular flexibility index (Phi) is 6.11. The predicted octanol–water partition coefficient (Wildman–Crippen LogP) is 1.42. The summed E-state index contributed by atoms with van der Waals surface area (Å²) in [5.41, 5.74) is 0.846. The van der Waals surface area contributed by atoms with Gasteiger partial charge in [-0.2, -0.15) is 0 Å². The van der Waals surface area contributed by atoms with Gasteiger partial charge in [0.1, 0.15) is 6.54 Å². The number of carbonyl (C=O) groups is 2. The fourth-order valence-corrected chi connectivity index (χ4v) is 3.65. The molecule has 0 aliphatic carbocycles. The van der Waals surface area contributed by atoms with Crippen LogP contribution >= 0.6 is 24.2 Å². The molecule has 0 aromatic heterocycles. The number of fused-ring (bicyclic) bond motifs is 1. The molecule has 0 saturated carbocycles. The molecule has 1 fully saturated rings. The van der Waals surface area contributed by atoms with Gasteiger partial charge in [0.25, 0.3) is 0 Å². The maximum atomic E-state index is 12.2. The number of nitrogens with one attached hydrogen (secondary N) is 2. The quantitative estimate of drug-likeness (QED) is 0.872. The highest BCUT2D eigenvalue weighted by molar-refractivity contribution is 8.00. The number of hydrogen-bond acceptors (Lipinski definition) is 4. The van der Waals surface area contributed by atoms with Gasteiger partial charge in [-0.3, -0.25) is 9.59 Å². The van der Waals surface area contributed by atoms with E-state index < -0.39 is 0 Å². The summed E-state index contributed by atoms with van der Waals surface area (Å²) in [6, 6.07) is 7.97. The van der Waals surface area contributed by atoms with Crippen molar-refractivity contribution in [2.45, 2.75) is 23.8 Å². The fourth-order valence-electron chi connectivity index (χ4n) is 2.71. The molecule has 1 saturated heterocycles. The van der Waals surface area contributed by atoms with Gasteiger partial charge in [-0.25, -0.2) is 0 Å². The van der Waals surface area contributed by atoms with Crippen LogP contribution in [-0.4, -0.2) is 43.2 Å². The maximum Gasteiger partial charge on any atom is 0.240 e. The number of anilines is 1. The highest BCUT2D eigenvalue weighted by atomic mass is 35.5. The standard InChI is InChI=1S/C15H19N3O2S.ClH/c19-14(17-11-5-7-16-8-6-11)9-18-12-3-1-2-4-13(12)21-10-15(18)20;/h1-4,11,16H,5-10H2,(H,17,19);1H. The van der Waals surface area contributed by atoms with E-state index in [2.05, 4.69) is 10.6 Å². The van der Waals surface area contributed by atoms with E-state index in [4.69, 9.17) is 0 Å². The van der Waals surface area contributed by atoms with E-state index in [9.17, 15) is 9.59 Å². The van der Waals surface area contributed by atoms with Crippen molar-refractivity contribution in [1.82, 2.24) is 10.6 Å². The molecule has 2 N–H and O–H groups in total. The smallest absolute Gasteiger partial charge is 0.240 e. The number of piperidine rings is 1. The third kappa shape index (κ3) is 3.94. The van der Waals surface area contributed by atoms with E-state index in [0.717, 1.165) is 36.5 Å². The number of amides is 2.